The maximum absolute atomic E-state index is 5.87. The van der Waals surface area contributed by atoms with Crippen LogP contribution in [0.1, 0.15) is 40.5 Å². The summed E-state index contributed by atoms with van der Waals surface area (Å²) in [5.74, 6) is 1.25. The van der Waals surface area contributed by atoms with Crippen molar-refractivity contribution in [2.75, 3.05) is 30.8 Å². The van der Waals surface area contributed by atoms with Crippen LogP contribution in [0.2, 0.25) is 0 Å². The predicted molar refractivity (Wildman–Crippen MR) is 83.2 cm³/mol. The molecule has 5 heteroatoms. The lowest BCUT2D eigenvalue weighted by molar-refractivity contribution is 0.125. The Bertz CT molecular complexity index is 403. The van der Waals surface area contributed by atoms with Crippen LogP contribution in [0.3, 0.4) is 0 Å². The van der Waals surface area contributed by atoms with Gasteiger partial charge in [-0.1, -0.05) is 6.92 Å². The van der Waals surface area contributed by atoms with E-state index in [4.69, 9.17) is 15.2 Å². The molecule has 3 N–H and O–H groups in total. The Morgan fingerprint density at radius 1 is 1.25 bits per heavy atom. The van der Waals surface area contributed by atoms with Crippen molar-refractivity contribution in [1.82, 2.24) is 4.98 Å². The summed E-state index contributed by atoms with van der Waals surface area (Å²) in [5, 5.41) is 3.25. The monoisotopic (exact) mass is 281 g/mol. The Hall–Kier alpha value is -1.49. The molecule has 0 aliphatic rings. The lowest BCUT2D eigenvalue weighted by Crippen LogP contribution is -2.24. The van der Waals surface area contributed by atoms with Crippen LogP contribution in [-0.4, -0.2) is 30.3 Å². The molecule has 0 aromatic carbocycles. The van der Waals surface area contributed by atoms with E-state index >= 15 is 0 Å². The summed E-state index contributed by atoms with van der Waals surface area (Å²) in [5.41, 5.74) is 6.11. The molecule has 1 aromatic heterocycles. The standard InChI is InChI=1S/C15H27N3O2/c1-5-10-19-11-6-9-17-13-8-7-12(16)14(18-13)20-15(2,3)4/h7-8H,5-6,9-11,16H2,1-4H3,(H,17,18). The van der Waals surface area contributed by atoms with Crippen molar-refractivity contribution in [3.63, 3.8) is 0 Å². The molecule has 1 heterocycles. The van der Waals surface area contributed by atoms with Crippen LogP contribution in [-0.2, 0) is 4.74 Å². The number of rotatable bonds is 8. The number of nitrogen functional groups attached to an aromatic ring is 1. The molecule has 114 valence electrons. The Labute approximate surface area is 121 Å². The van der Waals surface area contributed by atoms with Crippen LogP contribution in [0.4, 0.5) is 11.5 Å². The fraction of sp³-hybridized carbons (Fsp3) is 0.667. The quantitative estimate of drug-likeness (QED) is 0.717. The van der Waals surface area contributed by atoms with Crippen LogP contribution in [0.25, 0.3) is 0 Å². The van der Waals surface area contributed by atoms with Gasteiger partial charge in [0.05, 0.1) is 5.69 Å². The van der Waals surface area contributed by atoms with Crippen molar-refractivity contribution in [1.29, 1.82) is 0 Å². The third-order valence-electron chi connectivity index (χ3n) is 2.41. The van der Waals surface area contributed by atoms with E-state index in [0.29, 0.717) is 11.6 Å². The largest absolute Gasteiger partial charge is 0.470 e. The smallest absolute Gasteiger partial charge is 0.239 e. The second kappa shape index (κ2) is 7.94. The van der Waals surface area contributed by atoms with Crippen molar-refractivity contribution in [2.24, 2.45) is 0 Å². The van der Waals surface area contributed by atoms with Gasteiger partial charge in [0.1, 0.15) is 11.4 Å². The van der Waals surface area contributed by atoms with E-state index in [9.17, 15) is 0 Å². The molecule has 0 atom stereocenters. The molecular formula is C15H27N3O2. The summed E-state index contributed by atoms with van der Waals surface area (Å²) in [4.78, 5) is 4.39. The van der Waals surface area contributed by atoms with Crippen molar-refractivity contribution in [2.45, 2.75) is 46.1 Å². The Balaban J connectivity index is 2.45. The molecule has 0 radical (unpaired) electrons. The topological polar surface area (TPSA) is 69.4 Å². The van der Waals surface area contributed by atoms with Crippen LogP contribution in [0.15, 0.2) is 12.1 Å². The minimum Gasteiger partial charge on any atom is -0.470 e. The van der Waals surface area contributed by atoms with Crippen LogP contribution in [0, 0.1) is 0 Å². The van der Waals surface area contributed by atoms with Gasteiger partial charge in [-0.15, -0.1) is 0 Å². The van der Waals surface area contributed by atoms with Gasteiger partial charge in [-0.3, -0.25) is 0 Å². The zero-order valence-corrected chi connectivity index (χ0v) is 13.0. The van der Waals surface area contributed by atoms with Gasteiger partial charge in [0.15, 0.2) is 0 Å². The fourth-order valence-electron chi connectivity index (χ4n) is 1.56. The highest BCUT2D eigenvalue weighted by molar-refractivity contribution is 5.53. The van der Waals surface area contributed by atoms with E-state index in [1.807, 2.05) is 32.9 Å². The maximum Gasteiger partial charge on any atom is 0.239 e. The minimum atomic E-state index is -0.312. The molecule has 1 aromatic rings. The number of nitrogens with one attached hydrogen (secondary N) is 1. The summed E-state index contributed by atoms with van der Waals surface area (Å²) in [7, 11) is 0. The molecule has 0 spiro atoms. The first-order valence-electron chi connectivity index (χ1n) is 7.19. The molecule has 0 aliphatic heterocycles. The van der Waals surface area contributed by atoms with E-state index in [-0.39, 0.29) is 5.60 Å². The fourth-order valence-corrected chi connectivity index (χ4v) is 1.56. The molecule has 0 aliphatic carbocycles. The van der Waals surface area contributed by atoms with Gasteiger partial charge in [-0.2, -0.15) is 4.98 Å². The number of pyridine rings is 1. The number of nitrogens with two attached hydrogens (primary N) is 1. The summed E-state index contributed by atoms with van der Waals surface area (Å²) in [6.07, 6.45) is 2.00. The van der Waals surface area contributed by atoms with Crippen LogP contribution < -0.4 is 15.8 Å². The molecule has 0 unspecified atom stereocenters. The molecule has 0 bridgehead atoms. The first-order valence-corrected chi connectivity index (χ1v) is 7.19. The Morgan fingerprint density at radius 3 is 2.65 bits per heavy atom. The summed E-state index contributed by atoms with van der Waals surface area (Å²) in [6, 6.07) is 3.67. The lowest BCUT2D eigenvalue weighted by atomic mass is 10.2. The number of ether oxygens (including phenoxy) is 2. The third kappa shape index (κ3) is 6.61. The average molecular weight is 281 g/mol. The second-order valence-electron chi connectivity index (χ2n) is 5.70. The van der Waals surface area contributed by atoms with Gasteiger partial charge in [0.2, 0.25) is 5.88 Å². The summed E-state index contributed by atoms with van der Waals surface area (Å²) in [6.45, 7) is 10.4. The molecule has 1 rings (SSSR count). The zero-order chi connectivity index (χ0) is 15.0. The average Bonchev–Trinajstić information content (AvgIpc) is 2.35. The molecule has 0 fully saturated rings. The molecule has 0 amide bonds. The Morgan fingerprint density at radius 2 is 2.00 bits per heavy atom. The Kier molecular flexibility index (Phi) is 6.58. The third-order valence-corrected chi connectivity index (χ3v) is 2.41. The first-order chi connectivity index (χ1) is 9.42. The molecule has 0 saturated heterocycles. The SMILES string of the molecule is CCCOCCCNc1ccc(N)c(OC(C)(C)C)n1. The summed E-state index contributed by atoms with van der Waals surface area (Å²) >= 11 is 0. The number of nitrogens with zero attached hydrogens (tertiary/aromatic N) is 1. The molecule has 20 heavy (non-hydrogen) atoms. The van der Waals surface area contributed by atoms with Gasteiger partial charge < -0.3 is 20.5 Å². The van der Waals surface area contributed by atoms with Gasteiger partial charge >= 0.3 is 0 Å². The van der Waals surface area contributed by atoms with Gasteiger partial charge in [0.25, 0.3) is 0 Å². The number of aromatic nitrogens is 1. The van der Waals surface area contributed by atoms with E-state index < -0.39 is 0 Å². The number of hydrogen-bond acceptors (Lipinski definition) is 5. The van der Waals surface area contributed by atoms with E-state index in [0.717, 1.165) is 38.4 Å². The normalized spacial score (nSPS) is 11.4. The zero-order valence-electron chi connectivity index (χ0n) is 13.0. The van der Waals surface area contributed by atoms with Gasteiger partial charge in [0, 0.05) is 19.8 Å². The van der Waals surface area contributed by atoms with Crippen molar-refractivity contribution >= 4 is 11.5 Å². The molecule has 0 saturated carbocycles. The predicted octanol–water partition coefficient (Wildman–Crippen LogP) is 3.07. The van der Waals surface area contributed by atoms with Gasteiger partial charge in [-0.25, -0.2) is 0 Å². The second-order valence-corrected chi connectivity index (χ2v) is 5.70. The molecular weight excluding hydrogens is 254 g/mol. The summed E-state index contributed by atoms with van der Waals surface area (Å²) < 4.78 is 11.2. The molecule has 5 nitrogen and oxygen atoms in total. The van der Waals surface area contributed by atoms with Crippen LogP contribution >= 0.6 is 0 Å². The van der Waals surface area contributed by atoms with Crippen LogP contribution in [0.5, 0.6) is 5.88 Å². The van der Waals surface area contributed by atoms with E-state index in [2.05, 4.69) is 17.2 Å². The first kappa shape index (κ1) is 16.6. The highest BCUT2D eigenvalue weighted by atomic mass is 16.5. The maximum atomic E-state index is 5.87. The van der Waals surface area contributed by atoms with Gasteiger partial charge in [-0.05, 0) is 45.7 Å². The van der Waals surface area contributed by atoms with Crippen molar-refractivity contribution < 1.29 is 9.47 Å². The number of anilines is 2. The highest BCUT2D eigenvalue weighted by Gasteiger charge is 2.15. The highest BCUT2D eigenvalue weighted by Crippen LogP contribution is 2.24. The van der Waals surface area contributed by atoms with E-state index in [1.54, 1.807) is 0 Å². The minimum absolute atomic E-state index is 0.312. The number of hydrogen-bond donors (Lipinski definition) is 2. The lowest BCUT2D eigenvalue weighted by Gasteiger charge is -2.21. The van der Waals surface area contributed by atoms with Crippen molar-refractivity contribution in [3.8, 4) is 5.88 Å². The van der Waals surface area contributed by atoms with E-state index in [1.165, 1.54) is 0 Å². The van der Waals surface area contributed by atoms with Crippen molar-refractivity contribution in [3.05, 3.63) is 12.1 Å².